The summed E-state index contributed by atoms with van der Waals surface area (Å²) in [6, 6.07) is 12.8. The van der Waals surface area contributed by atoms with E-state index in [1.807, 2.05) is 6.92 Å². The van der Waals surface area contributed by atoms with Crippen LogP contribution < -0.4 is 20.9 Å². The van der Waals surface area contributed by atoms with Crippen molar-refractivity contribution < 1.29 is 23.9 Å². The first kappa shape index (κ1) is 21.7. The average Bonchev–Trinajstić information content (AvgIpc) is 2.65. The molecule has 3 amide bonds. The lowest BCUT2D eigenvalue weighted by atomic mass is 10.2. The van der Waals surface area contributed by atoms with Crippen molar-refractivity contribution in [3.63, 3.8) is 0 Å². The summed E-state index contributed by atoms with van der Waals surface area (Å²) in [7, 11) is 0. The van der Waals surface area contributed by atoms with Crippen molar-refractivity contribution >= 4 is 23.6 Å². The van der Waals surface area contributed by atoms with E-state index in [4.69, 9.17) is 9.47 Å². The summed E-state index contributed by atoms with van der Waals surface area (Å²) >= 11 is 0. The van der Waals surface area contributed by atoms with Crippen LogP contribution in [0.4, 0.5) is 10.5 Å². The first-order valence-corrected chi connectivity index (χ1v) is 9.11. The first-order chi connectivity index (χ1) is 13.7. The first-order valence-electron chi connectivity index (χ1n) is 9.11. The zero-order chi connectivity index (χ0) is 21.4. The summed E-state index contributed by atoms with van der Waals surface area (Å²) in [4.78, 5) is 36.3. The van der Waals surface area contributed by atoms with Crippen LogP contribution in [-0.2, 0) is 4.74 Å². The highest BCUT2D eigenvalue weighted by Gasteiger charge is 2.17. The molecule has 0 heterocycles. The fraction of sp³-hybridized carbons (Fsp3) is 0.286. The third-order valence-corrected chi connectivity index (χ3v) is 3.49. The average molecular weight is 399 g/mol. The van der Waals surface area contributed by atoms with Crippen LogP contribution in [0.1, 0.15) is 48.4 Å². The van der Waals surface area contributed by atoms with Crippen molar-refractivity contribution in [3.8, 4) is 5.75 Å². The van der Waals surface area contributed by atoms with E-state index >= 15 is 0 Å². The van der Waals surface area contributed by atoms with Gasteiger partial charge in [0.05, 0.1) is 6.61 Å². The molecular formula is C21H25N3O5. The summed E-state index contributed by atoms with van der Waals surface area (Å²) in [5.41, 5.74) is 5.07. The molecule has 2 aromatic carbocycles. The molecule has 0 saturated carbocycles. The van der Waals surface area contributed by atoms with Crippen molar-refractivity contribution in [1.82, 2.24) is 10.9 Å². The van der Waals surface area contributed by atoms with Crippen LogP contribution in [0, 0.1) is 0 Å². The smallest absolute Gasteiger partial charge is 0.412 e. The number of amides is 3. The molecule has 0 aliphatic carbocycles. The van der Waals surface area contributed by atoms with Gasteiger partial charge in [-0.2, -0.15) is 0 Å². The SMILES string of the molecule is CCOc1ccc(C(=O)NNC(=O)c2cccc(NC(=O)OC(C)(C)C)c2)cc1. The topological polar surface area (TPSA) is 106 Å². The number of carbonyl (C=O) groups excluding carboxylic acids is 3. The van der Waals surface area contributed by atoms with Gasteiger partial charge in [-0.15, -0.1) is 0 Å². The van der Waals surface area contributed by atoms with Gasteiger partial charge in [-0.25, -0.2) is 4.79 Å². The van der Waals surface area contributed by atoms with Crippen molar-refractivity contribution in [2.75, 3.05) is 11.9 Å². The predicted molar refractivity (Wildman–Crippen MR) is 109 cm³/mol. The van der Waals surface area contributed by atoms with E-state index in [1.165, 1.54) is 6.07 Å². The highest BCUT2D eigenvalue weighted by Crippen LogP contribution is 2.14. The van der Waals surface area contributed by atoms with E-state index in [9.17, 15) is 14.4 Å². The third-order valence-electron chi connectivity index (χ3n) is 3.49. The number of anilines is 1. The Kier molecular flexibility index (Phi) is 7.19. The Hall–Kier alpha value is -3.55. The van der Waals surface area contributed by atoms with Gasteiger partial charge < -0.3 is 9.47 Å². The van der Waals surface area contributed by atoms with Crippen LogP contribution in [0.3, 0.4) is 0 Å². The summed E-state index contributed by atoms with van der Waals surface area (Å²) in [5.74, 6) is -0.344. The Morgan fingerprint density at radius 1 is 0.897 bits per heavy atom. The number of hydrazine groups is 1. The zero-order valence-corrected chi connectivity index (χ0v) is 16.9. The molecule has 0 atom stereocenters. The molecule has 0 aromatic heterocycles. The minimum Gasteiger partial charge on any atom is -0.494 e. The molecule has 29 heavy (non-hydrogen) atoms. The summed E-state index contributed by atoms with van der Waals surface area (Å²) < 4.78 is 10.5. The largest absolute Gasteiger partial charge is 0.494 e. The van der Waals surface area contributed by atoms with Crippen molar-refractivity contribution in [2.45, 2.75) is 33.3 Å². The highest BCUT2D eigenvalue weighted by atomic mass is 16.6. The van der Waals surface area contributed by atoms with Gasteiger partial charge >= 0.3 is 6.09 Å². The second-order valence-electron chi connectivity index (χ2n) is 7.07. The second kappa shape index (κ2) is 9.59. The summed E-state index contributed by atoms with van der Waals surface area (Å²) in [6.45, 7) is 7.66. The third kappa shape index (κ3) is 7.17. The molecule has 0 radical (unpaired) electrons. The molecule has 2 rings (SSSR count). The fourth-order valence-corrected chi connectivity index (χ4v) is 2.29. The second-order valence-corrected chi connectivity index (χ2v) is 7.07. The lowest BCUT2D eigenvalue weighted by molar-refractivity contribution is 0.0635. The van der Waals surface area contributed by atoms with Gasteiger partial charge in [-0.3, -0.25) is 25.8 Å². The van der Waals surface area contributed by atoms with Crippen LogP contribution in [0.25, 0.3) is 0 Å². The molecule has 0 spiro atoms. The number of rotatable bonds is 5. The Labute approximate surface area is 169 Å². The van der Waals surface area contributed by atoms with E-state index in [0.29, 0.717) is 23.6 Å². The van der Waals surface area contributed by atoms with Gasteiger partial charge in [0.25, 0.3) is 11.8 Å². The minimum absolute atomic E-state index is 0.255. The van der Waals surface area contributed by atoms with E-state index < -0.39 is 23.5 Å². The fourth-order valence-electron chi connectivity index (χ4n) is 2.29. The van der Waals surface area contributed by atoms with Gasteiger partial charge in [-0.05, 0) is 70.2 Å². The molecule has 0 bridgehead atoms. The molecular weight excluding hydrogens is 374 g/mol. The Balaban J connectivity index is 1.93. The zero-order valence-electron chi connectivity index (χ0n) is 16.9. The van der Waals surface area contributed by atoms with E-state index in [0.717, 1.165) is 0 Å². The lowest BCUT2D eigenvalue weighted by Crippen LogP contribution is -2.41. The molecule has 3 N–H and O–H groups in total. The number of nitrogens with one attached hydrogen (secondary N) is 3. The van der Waals surface area contributed by atoms with Gasteiger partial charge in [0.2, 0.25) is 0 Å². The highest BCUT2D eigenvalue weighted by molar-refractivity contribution is 6.00. The molecule has 8 heteroatoms. The number of hydrogen-bond acceptors (Lipinski definition) is 5. The van der Waals surface area contributed by atoms with Crippen molar-refractivity contribution in [1.29, 1.82) is 0 Å². The predicted octanol–water partition coefficient (Wildman–Crippen LogP) is 3.51. The lowest BCUT2D eigenvalue weighted by Gasteiger charge is -2.19. The van der Waals surface area contributed by atoms with Crippen molar-refractivity contribution in [2.24, 2.45) is 0 Å². The van der Waals surface area contributed by atoms with E-state index in [-0.39, 0.29) is 5.56 Å². The standard InChI is InChI=1S/C21H25N3O5/c1-5-28-17-11-9-14(10-12-17)18(25)23-24-19(26)15-7-6-8-16(13-15)22-20(27)29-21(2,3)4/h6-13H,5H2,1-4H3,(H,22,27)(H,23,25)(H,24,26). The molecule has 0 unspecified atom stereocenters. The van der Waals surface area contributed by atoms with E-state index in [2.05, 4.69) is 16.2 Å². The molecule has 8 nitrogen and oxygen atoms in total. The number of ether oxygens (including phenoxy) is 2. The van der Waals surface area contributed by atoms with Crippen LogP contribution in [0.2, 0.25) is 0 Å². The summed E-state index contributed by atoms with van der Waals surface area (Å²) in [6.07, 6.45) is -0.626. The quantitative estimate of drug-likeness (QED) is 0.667. The Morgan fingerprint density at radius 2 is 1.52 bits per heavy atom. The van der Waals surface area contributed by atoms with Gasteiger partial charge in [-0.1, -0.05) is 6.07 Å². The van der Waals surface area contributed by atoms with Gasteiger partial charge in [0.15, 0.2) is 0 Å². The Morgan fingerprint density at radius 3 is 2.10 bits per heavy atom. The van der Waals surface area contributed by atoms with E-state index in [1.54, 1.807) is 63.2 Å². The number of benzene rings is 2. The molecule has 0 aliphatic heterocycles. The molecule has 0 aliphatic rings. The van der Waals surface area contributed by atoms with Gasteiger partial charge in [0, 0.05) is 16.8 Å². The summed E-state index contributed by atoms with van der Waals surface area (Å²) in [5, 5.41) is 2.56. The maximum absolute atomic E-state index is 12.3. The van der Waals surface area contributed by atoms with Gasteiger partial charge in [0.1, 0.15) is 11.4 Å². The minimum atomic E-state index is -0.635. The molecule has 0 fully saturated rings. The van der Waals surface area contributed by atoms with Crippen LogP contribution in [0.15, 0.2) is 48.5 Å². The van der Waals surface area contributed by atoms with Crippen LogP contribution >= 0.6 is 0 Å². The molecule has 0 saturated heterocycles. The molecule has 2 aromatic rings. The molecule has 154 valence electrons. The van der Waals surface area contributed by atoms with Crippen molar-refractivity contribution in [3.05, 3.63) is 59.7 Å². The maximum atomic E-state index is 12.3. The number of hydrogen-bond donors (Lipinski definition) is 3. The monoisotopic (exact) mass is 399 g/mol. The maximum Gasteiger partial charge on any atom is 0.412 e. The van der Waals surface area contributed by atoms with Crippen LogP contribution in [-0.4, -0.2) is 30.1 Å². The van der Waals surface area contributed by atoms with Crippen LogP contribution in [0.5, 0.6) is 5.75 Å². The Bertz CT molecular complexity index is 873. The number of carbonyl (C=O) groups is 3. The normalized spacial score (nSPS) is 10.6.